The van der Waals surface area contributed by atoms with Gasteiger partial charge in [0.2, 0.25) is 0 Å². The maximum atomic E-state index is 11.9. The van der Waals surface area contributed by atoms with Crippen molar-refractivity contribution in [1.29, 1.82) is 0 Å². The zero-order valence-corrected chi connectivity index (χ0v) is 11.9. The largest absolute Gasteiger partial charge is 0.469 e. The van der Waals surface area contributed by atoms with Crippen LogP contribution in [-0.4, -0.2) is 31.2 Å². The molecule has 0 aromatic heterocycles. The standard InChI is InChI=1S/C15H18N2O4/c1-20-14(18)8-5-9-16-15(19)12-10-13(21-17-12)11-6-3-2-4-7-11/h2-4,6-7,13H,5,8-10H2,1H3,(H,16,19)/t13-/m0/s1. The van der Waals surface area contributed by atoms with E-state index in [0.29, 0.717) is 25.1 Å². The molecule has 6 heteroatoms. The summed E-state index contributed by atoms with van der Waals surface area (Å²) >= 11 is 0. The van der Waals surface area contributed by atoms with Gasteiger partial charge in [0.15, 0.2) is 6.10 Å². The van der Waals surface area contributed by atoms with Gasteiger partial charge in [0, 0.05) is 19.4 Å². The normalized spacial score (nSPS) is 16.8. The SMILES string of the molecule is COC(=O)CCCNC(=O)C1=NO[C@H](c2ccccc2)C1. The molecule has 6 nitrogen and oxygen atoms in total. The van der Waals surface area contributed by atoms with Crippen molar-refractivity contribution < 1.29 is 19.2 Å². The molecule has 0 saturated carbocycles. The molecule has 1 aliphatic heterocycles. The van der Waals surface area contributed by atoms with Crippen molar-refractivity contribution in [2.45, 2.75) is 25.4 Å². The number of esters is 1. The van der Waals surface area contributed by atoms with E-state index in [1.54, 1.807) is 0 Å². The van der Waals surface area contributed by atoms with Gasteiger partial charge >= 0.3 is 5.97 Å². The molecule has 0 bridgehead atoms. The summed E-state index contributed by atoms with van der Waals surface area (Å²) in [7, 11) is 1.34. The van der Waals surface area contributed by atoms with E-state index in [2.05, 4.69) is 15.2 Å². The van der Waals surface area contributed by atoms with E-state index < -0.39 is 0 Å². The number of nitrogens with one attached hydrogen (secondary N) is 1. The van der Waals surface area contributed by atoms with Gasteiger partial charge in [-0.25, -0.2) is 0 Å². The van der Waals surface area contributed by atoms with E-state index in [1.165, 1.54) is 7.11 Å². The van der Waals surface area contributed by atoms with Crippen molar-refractivity contribution >= 4 is 17.6 Å². The first-order valence-electron chi connectivity index (χ1n) is 6.83. The lowest BCUT2D eigenvalue weighted by Gasteiger charge is -2.07. The van der Waals surface area contributed by atoms with Crippen LogP contribution in [0.3, 0.4) is 0 Å². The monoisotopic (exact) mass is 290 g/mol. The highest BCUT2D eigenvalue weighted by Crippen LogP contribution is 2.26. The minimum atomic E-state index is -0.282. The van der Waals surface area contributed by atoms with Gasteiger partial charge in [-0.1, -0.05) is 35.5 Å². The van der Waals surface area contributed by atoms with Crippen LogP contribution >= 0.6 is 0 Å². The van der Waals surface area contributed by atoms with Gasteiger partial charge in [-0.15, -0.1) is 0 Å². The molecule has 1 amide bonds. The Kier molecular flexibility index (Phi) is 5.31. The molecule has 0 saturated heterocycles. The molecule has 1 heterocycles. The predicted molar refractivity (Wildman–Crippen MR) is 76.6 cm³/mol. The number of ether oxygens (including phenoxy) is 1. The second-order valence-corrected chi connectivity index (χ2v) is 4.68. The molecule has 0 aliphatic carbocycles. The minimum absolute atomic E-state index is 0.206. The number of carbonyl (C=O) groups is 2. The Morgan fingerprint density at radius 1 is 1.38 bits per heavy atom. The molecule has 1 aromatic carbocycles. The summed E-state index contributed by atoms with van der Waals surface area (Å²) in [5.41, 5.74) is 1.37. The topological polar surface area (TPSA) is 77.0 Å². The van der Waals surface area contributed by atoms with Crippen LogP contribution in [0.1, 0.15) is 30.9 Å². The highest BCUT2D eigenvalue weighted by Gasteiger charge is 2.26. The van der Waals surface area contributed by atoms with Gasteiger partial charge in [0.25, 0.3) is 5.91 Å². The molecule has 0 radical (unpaired) electrons. The van der Waals surface area contributed by atoms with Crippen molar-refractivity contribution in [2.24, 2.45) is 5.16 Å². The average molecular weight is 290 g/mol. The summed E-state index contributed by atoms with van der Waals surface area (Å²) in [6.07, 6.45) is 1.07. The van der Waals surface area contributed by atoms with E-state index in [-0.39, 0.29) is 24.4 Å². The van der Waals surface area contributed by atoms with E-state index in [4.69, 9.17) is 4.84 Å². The molecule has 1 aliphatic rings. The van der Waals surface area contributed by atoms with Gasteiger partial charge < -0.3 is 14.9 Å². The van der Waals surface area contributed by atoms with Crippen LogP contribution in [0.5, 0.6) is 0 Å². The molecule has 112 valence electrons. The molecule has 0 unspecified atom stereocenters. The van der Waals surface area contributed by atoms with Gasteiger partial charge in [0.05, 0.1) is 7.11 Å². The molecule has 0 fully saturated rings. The number of carbonyl (C=O) groups excluding carboxylic acids is 2. The Hall–Kier alpha value is -2.37. The molecule has 1 atom stereocenters. The Labute approximate surface area is 123 Å². The number of rotatable bonds is 6. The van der Waals surface area contributed by atoms with Crippen LogP contribution in [0, 0.1) is 0 Å². The molecule has 2 rings (SSSR count). The zero-order valence-electron chi connectivity index (χ0n) is 11.9. The third kappa shape index (κ3) is 4.30. The van der Waals surface area contributed by atoms with Gasteiger partial charge in [-0.2, -0.15) is 0 Å². The molecule has 1 aromatic rings. The summed E-state index contributed by atoms with van der Waals surface area (Å²) in [5.74, 6) is -0.534. The van der Waals surface area contributed by atoms with Crippen LogP contribution in [0.15, 0.2) is 35.5 Å². The number of amides is 1. The fourth-order valence-electron chi connectivity index (χ4n) is 2.00. The lowest BCUT2D eigenvalue weighted by molar-refractivity contribution is -0.140. The number of nitrogens with zero attached hydrogens (tertiary/aromatic N) is 1. The maximum Gasteiger partial charge on any atom is 0.305 e. The second-order valence-electron chi connectivity index (χ2n) is 4.68. The smallest absolute Gasteiger partial charge is 0.305 e. The molecule has 1 N–H and O–H groups in total. The van der Waals surface area contributed by atoms with Crippen LogP contribution in [0.4, 0.5) is 0 Å². The van der Waals surface area contributed by atoms with Crippen LogP contribution in [0.2, 0.25) is 0 Å². The van der Waals surface area contributed by atoms with Gasteiger partial charge in [-0.3, -0.25) is 9.59 Å². The Morgan fingerprint density at radius 3 is 2.86 bits per heavy atom. The van der Waals surface area contributed by atoms with Crippen molar-refractivity contribution in [3.63, 3.8) is 0 Å². The molecular formula is C15H18N2O4. The third-order valence-corrected chi connectivity index (χ3v) is 3.17. The van der Waals surface area contributed by atoms with Gasteiger partial charge in [-0.05, 0) is 12.0 Å². The highest BCUT2D eigenvalue weighted by molar-refractivity contribution is 6.39. The first-order valence-corrected chi connectivity index (χ1v) is 6.83. The lowest BCUT2D eigenvalue weighted by atomic mass is 10.0. The van der Waals surface area contributed by atoms with Crippen molar-refractivity contribution in [3.8, 4) is 0 Å². The van der Waals surface area contributed by atoms with Gasteiger partial charge in [0.1, 0.15) is 5.71 Å². The number of hydrogen-bond donors (Lipinski definition) is 1. The summed E-state index contributed by atoms with van der Waals surface area (Å²) in [6.45, 7) is 0.406. The first-order chi connectivity index (χ1) is 10.2. The van der Waals surface area contributed by atoms with Crippen LogP contribution in [-0.2, 0) is 19.2 Å². The fraction of sp³-hybridized carbons (Fsp3) is 0.400. The summed E-state index contributed by atoms with van der Waals surface area (Å²) in [6, 6.07) is 9.65. The van der Waals surface area contributed by atoms with E-state index in [0.717, 1.165) is 5.56 Å². The summed E-state index contributed by atoms with van der Waals surface area (Å²) in [5, 5.41) is 6.56. The van der Waals surface area contributed by atoms with Crippen LogP contribution in [0.25, 0.3) is 0 Å². The Bertz CT molecular complexity index is 528. The van der Waals surface area contributed by atoms with Crippen LogP contribution < -0.4 is 5.32 Å². The van der Waals surface area contributed by atoms with Crippen molar-refractivity contribution in [2.75, 3.05) is 13.7 Å². The van der Waals surface area contributed by atoms with Crippen molar-refractivity contribution in [3.05, 3.63) is 35.9 Å². The number of oxime groups is 1. The lowest BCUT2D eigenvalue weighted by Crippen LogP contribution is -2.31. The Balaban J connectivity index is 1.74. The first kappa shape index (κ1) is 15.0. The average Bonchev–Trinajstić information content (AvgIpc) is 3.02. The zero-order chi connectivity index (χ0) is 15.1. The Morgan fingerprint density at radius 2 is 2.14 bits per heavy atom. The minimum Gasteiger partial charge on any atom is -0.469 e. The third-order valence-electron chi connectivity index (χ3n) is 3.17. The van der Waals surface area contributed by atoms with E-state index in [9.17, 15) is 9.59 Å². The number of methoxy groups -OCH3 is 1. The predicted octanol–water partition coefficient (Wildman–Crippen LogP) is 1.57. The molecule has 0 spiro atoms. The highest BCUT2D eigenvalue weighted by atomic mass is 16.6. The maximum absolute atomic E-state index is 11.9. The summed E-state index contributed by atoms with van der Waals surface area (Å²) in [4.78, 5) is 28.1. The number of benzene rings is 1. The molecule has 21 heavy (non-hydrogen) atoms. The quantitative estimate of drug-likeness (QED) is 0.637. The fourth-order valence-corrected chi connectivity index (χ4v) is 2.00. The number of hydrogen-bond acceptors (Lipinski definition) is 5. The second kappa shape index (κ2) is 7.42. The van der Waals surface area contributed by atoms with Crippen molar-refractivity contribution in [1.82, 2.24) is 5.32 Å². The van der Waals surface area contributed by atoms with E-state index in [1.807, 2.05) is 30.3 Å². The molecular weight excluding hydrogens is 272 g/mol. The summed E-state index contributed by atoms with van der Waals surface area (Å²) < 4.78 is 4.52. The van der Waals surface area contributed by atoms with E-state index >= 15 is 0 Å².